The van der Waals surface area contributed by atoms with Gasteiger partial charge in [-0.25, -0.2) is 4.99 Å². The summed E-state index contributed by atoms with van der Waals surface area (Å²) in [5.41, 5.74) is -0.370. The van der Waals surface area contributed by atoms with Gasteiger partial charge >= 0.3 is 6.18 Å². The zero-order chi connectivity index (χ0) is 19.7. The first-order valence-electron chi connectivity index (χ1n) is 9.00. The molecule has 1 amide bonds. The van der Waals surface area contributed by atoms with Gasteiger partial charge in [-0.1, -0.05) is 12.8 Å². The minimum atomic E-state index is -4.45. The monoisotopic (exact) mass is 409 g/mol. The molecule has 0 atom stereocenters. The van der Waals surface area contributed by atoms with Crippen LogP contribution in [0, 0.1) is 0 Å². The fourth-order valence-corrected chi connectivity index (χ4v) is 4.24. The third-order valence-electron chi connectivity index (χ3n) is 4.73. The second-order valence-electron chi connectivity index (χ2n) is 6.84. The fraction of sp³-hybridized carbons (Fsp3) is 0.444. The summed E-state index contributed by atoms with van der Waals surface area (Å²) >= 11 is 1.31. The minimum Gasteiger partial charge on any atom is -0.349 e. The Morgan fingerprint density at radius 2 is 2.07 bits per heavy atom. The summed E-state index contributed by atoms with van der Waals surface area (Å²) in [7, 11) is 0. The third-order valence-corrected chi connectivity index (χ3v) is 5.80. The van der Waals surface area contributed by atoms with Crippen molar-refractivity contribution in [3.63, 3.8) is 0 Å². The van der Waals surface area contributed by atoms with E-state index in [4.69, 9.17) is 0 Å². The number of amidine groups is 1. The molecule has 0 radical (unpaired) electrons. The van der Waals surface area contributed by atoms with Gasteiger partial charge in [-0.05, 0) is 25.0 Å². The number of hydrogen-bond acceptors (Lipinski definition) is 5. The zero-order valence-electron chi connectivity index (χ0n) is 14.9. The number of carbonyl (C=O) groups is 1. The minimum absolute atomic E-state index is 0.112. The number of halogens is 3. The van der Waals surface area contributed by atoms with Crippen molar-refractivity contribution < 1.29 is 18.0 Å². The summed E-state index contributed by atoms with van der Waals surface area (Å²) in [6.45, 7) is -0.0187. The molecule has 2 aromatic rings. The van der Waals surface area contributed by atoms with Crippen molar-refractivity contribution in [2.24, 2.45) is 9.98 Å². The first kappa shape index (κ1) is 18.9. The maximum Gasteiger partial charge on any atom is 0.431 e. The van der Waals surface area contributed by atoms with Gasteiger partial charge in [0.25, 0.3) is 5.91 Å². The van der Waals surface area contributed by atoms with E-state index in [1.54, 1.807) is 16.9 Å². The van der Waals surface area contributed by atoms with Crippen LogP contribution in [0.3, 0.4) is 0 Å². The Kier molecular flexibility index (Phi) is 5.05. The predicted molar refractivity (Wildman–Crippen MR) is 100 cm³/mol. The van der Waals surface area contributed by atoms with Crippen molar-refractivity contribution in [2.75, 3.05) is 6.54 Å². The Balaban J connectivity index is 1.39. The van der Waals surface area contributed by atoms with E-state index in [0.717, 1.165) is 30.6 Å². The van der Waals surface area contributed by atoms with Crippen LogP contribution in [0.15, 0.2) is 34.5 Å². The third kappa shape index (κ3) is 4.16. The van der Waals surface area contributed by atoms with Crippen LogP contribution in [0.5, 0.6) is 0 Å². The second kappa shape index (κ2) is 7.50. The number of nitrogens with one attached hydrogen (secondary N) is 1. The molecule has 148 valence electrons. The Labute approximate surface area is 163 Å². The van der Waals surface area contributed by atoms with Gasteiger partial charge in [0.2, 0.25) is 0 Å². The average Bonchev–Trinajstić information content (AvgIpc) is 3.42. The fourth-order valence-electron chi connectivity index (χ4n) is 3.28. The molecule has 1 N–H and O–H groups in total. The first-order valence-corrected chi connectivity index (χ1v) is 9.82. The van der Waals surface area contributed by atoms with Crippen LogP contribution in [0.25, 0.3) is 0 Å². The number of aliphatic imine (C=N–C) groups is 2. The van der Waals surface area contributed by atoms with Gasteiger partial charge < -0.3 is 5.32 Å². The van der Waals surface area contributed by atoms with Crippen LogP contribution in [0.1, 0.15) is 45.8 Å². The summed E-state index contributed by atoms with van der Waals surface area (Å²) in [4.78, 5) is 21.2. The Bertz CT molecular complexity index is 937. The highest BCUT2D eigenvalue weighted by molar-refractivity contribution is 7.14. The Morgan fingerprint density at radius 1 is 1.29 bits per heavy atom. The molecule has 1 aliphatic carbocycles. The highest BCUT2D eigenvalue weighted by atomic mass is 32.1. The van der Waals surface area contributed by atoms with E-state index in [2.05, 4.69) is 20.4 Å². The van der Waals surface area contributed by atoms with Crippen molar-refractivity contribution in [1.29, 1.82) is 0 Å². The average molecular weight is 409 g/mol. The standard InChI is InChI=1S/C18H18F3N5OS/c19-18(20,21)15-8-22-16(25-15)14-6-5-13(28-14)10-26-9-11(7-23-26)17(27)24-12-3-1-2-4-12/h5-7,9,12H,1-4,8,10H2,(H,24,27). The Morgan fingerprint density at radius 3 is 2.79 bits per heavy atom. The highest BCUT2D eigenvalue weighted by Gasteiger charge is 2.38. The quantitative estimate of drug-likeness (QED) is 0.822. The van der Waals surface area contributed by atoms with Gasteiger partial charge in [-0.2, -0.15) is 18.3 Å². The van der Waals surface area contributed by atoms with Crippen LogP contribution in [-0.2, 0) is 6.54 Å². The molecule has 2 aliphatic rings. The van der Waals surface area contributed by atoms with Crippen LogP contribution < -0.4 is 5.32 Å². The molecule has 28 heavy (non-hydrogen) atoms. The molecule has 1 saturated carbocycles. The maximum atomic E-state index is 12.7. The van der Waals surface area contributed by atoms with E-state index < -0.39 is 18.4 Å². The molecule has 4 rings (SSSR count). The first-order chi connectivity index (χ1) is 13.4. The van der Waals surface area contributed by atoms with Crippen LogP contribution in [0.4, 0.5) is 13.2 Å². The number of aromatic nitrogens is 2. The molecule has 2 aromatic heterocycles. The van der Waals surface area contributed by atoms with E-state index in [1.807, 2.05) is 6.07 Å². The highest BCUT2D eigenvalue weighted by Crippen LogP contribution is 2.25. The summed E-state index contributed by atoms with van der Waals surface area (Å²) in [5.74, 6) is -0.0139. The van der Waals surface area contributed by atoms with Crippen molar-refractivity contribution in [3.8, 4) is 0 Å². The lowest BCUT2D eigenvalue weighted by Gasteiger charge is -2.10. The number of alkyl halides is 3. The van der Waals surface area contributed by atoms with Crippen molar-refractivity contribution in [2.45, 2.75) is 44.4 Å². The normalized spacial score (nSPS) is 17.7. The summed E-state index contributed by atoms with van der Waals surface area (Å²) in [6.07, 6.45) is 3.07. The molecule has 6 nitrogen and oxygen atoms in total. The largest absolute Gasteiger partial charge is 0.431 e. The number of rotatable bonds is 5. The second-order valence-corrected chi connectivity index (χ2v) is 8.01. The lowest BCUT2D eigenvalue weighted by Crippen LogP contribution is -2.32. The molecule has 3 heterocycles. The van der Waals surface area contributed by atoms with E-state index in [0.29, 0.717) is 17.0 Å². The topological polar surface area (TPSA) is 71.6 Å². The summed E-state index contributed by atoms with van der Waals surface area (Å²) in [6, 6.07) is 3.76. The molecule has 0 aromatic carbocycles. The number of hydrogen-bond donors (Lipinski definition) is 1. The smallest absolute Gasteiger partial charge is 0.349 e. The number of nitrogens with zero attached hydrogens (tertiary/aromatic N) is 4. The van der Waals surface area contributed by atoms with Crippen LogP contribution in [-0.4, -0.2) is 46.0 Å². The van der Waals surface area contributed by atoms with Gasteiger partial charge in [-0.3, -0.25) is 14.5 Å². The summed E-state index contributed by atoms with van der Waals surface area (Å²) < 4.78 is 39.7. The molecule has 0 saturated heterocycles. The molecular formula is C18H18F3N5OS. The molecule has 1 aliphatic heterocycles. The number of carbonyl (C=O) groups excluding carboxylic acids is 1. The molecule has 1 fully saturated rings. The van der Waals surface area contributed by atoms with Gasteiger partial charge in [0.15, 0.2) is 5.84 Å². The van der Waals surface area contributed by atoms with Crippen molar-refractivity contribution in [1.82, 2.24) is 15.1 Å². The molecular weight excluding hydrogens is 391 g/mol. The molecule has 0 spiro atoms. The lowest BCUT2D eigenvalue weighted by atomic mass is 10.2. The number of thiophene rings is 1. The van der Waals surface area contributed by atoms with E-state index in [1.165, 1.54) is 17.5 Å². The van der Waals surface area contributed by atoms with Crippen molar-refractivity contribution in [3.05, 3.63) is 39.8 Å². The van der Waals surface area contributed by atoms with Gasteiger partial charge in [0.1, 0.15) is 5.71 Å². The summed E-state index contributed by atoms with van der Waals surface area (Å²) in [5, 5.41) is 7.23. The lowest BCUT2D eigenvalue weighted by molar-refractivity contribution is -0.0592. The van der Waals surface area contributed by atoms with Gasteiger partial charge in [-0.15, -0.1) is 11.3 Å². The molecule has 0 unspecified atom stereocenters. The molecule has 0 bridgehead atoms. The van der Waals surface area contributed by atoms with Crippen LogP contribution in [0.2, 0.25) is 0 Å². The van der Waals surface area contributed by atoms with E-state index >= 15 is 0 Å². The maximum absolute atomic E-state index is 12.7. The zero-order valence-corrected chi connectivity index (χ0v) is 15.7. The Hall–Kier alpha value is -2.49. The van der Waals surface area contributed by atoms with E-state index in [9.17, 15) is 18.0 Å². The van der Waals surface area contributed by atoms with Gasteiger partial charge in [0.05, 0.1) is 29.7 Å². The van der Waals surface area contributed by atoms with Gasteiger partial charge in [0, 0.05) is 17.1 Å². The molecule has 10 heteroatoms. The van der Waals surface area contributed by atoms with Crippen molar-refractivity contribution >= 4 is 28.8 Å². The van der Waals surface area contributed by atoms with E-state index in [-0.39, 0.29) is 17.8 Å². The SMILES string of the molecule is O=C(NC1CCCC1)c1cnn(Cc2ccc(C3=NCC(C(F)(F)F)=N3)s2)c1. The van der Waals surface area contributed by atoms with Crippen LogP contribution >= 0.6 is 11.3 Å². The number of amides is 1. The predicted octanol–water partition coefficient (Wildman–Crippen LogP) is 3.43.